The molecular weight excluding hydrogens is 393 g/mol. The Hall–Kier alpha value is -1.47. The van der Waals surface area contributed by atoms with E-state index in [0.29, 0.717) is 10.3 Å². The summed E-state index contributed by atoms with van der Waals surface area (Å²) in [7, 11) is 0. The highest BCUT2D eigenvalue weighted by atomic mass is 79.9. The molecule has 7 heteroatoms. The second-order valence-corrected chi connectivity index (χ2v) is 5.78. The summed E-state index contributed by atoms with van der Waals surface area (Å²) in [6.07, 6.45) is 0. The number of rotatable bonds is 2. The lowest BCUT2D eigenvalue weighted by Gasteiger charge is -2.09. The van der Waals surface area contributed by atoms with Gasteiger partial charge >= 0.3 is 0 Å². The Labute approximate surface area is 131 Å². The average Bonchev–Trinajstić information content (AvgIpc) is 2.38. The van der Waals surface area contributed by atoms with Gasteiger partial charge < -0.3 is 11.1 Å². The lowest BCUT2D eigenvalue weighted by atomic mass is 10.2. The van der Waals surface area contributed by atoms with Crippen LogP contribution in [0.4, 0.5) is 15.9 Å². The van der Waals surface area contributed by atoms with Crippen LogP contribution in [-0.4, -0.2) is 10.9 Å². The Morgan fingerprint density at radius 2 is 2.00 bits per heavy atom. The first-order chi connectivity index (χ1) is 9.38. The Bertz CT molecular complexity index is 692. The molecule has 4 nitrogen and oxygen atoms in total. The van der Waals surface area contributed by atoms with Gasteiger partial charge in [0.05, 0.1) is 16.9 Å². The molecule has 1 heterocycles. The van der Waals surface area contributed by atoms with Crippen LogP contribution in [0, 0.1) is 12.7 Å². The van der Waals surface area contributed by atoms with Crippen LogP contribution in [-0.2, 0) is 0 Å². The largest absolute Gasteiger partial charge is 0.396 e. The van der Waals surface area contributed by atoms with Crippen molar-refractivity contribution in [3.05, 3.63) is 50.3 Å². The van der Waals surface area contributed by atoms with Crippen LogP contribution in [0.2, 0.25) is 0 Å². The summed E-state index contributed by atoms with van der Waals surface area (Å²) < 4.78 is 14.4. The van der Waals surface area contributed by atoms with Gasteiger partial charge in [-0.15, -0.1) is 0 Å². The Morgan fingerprint density at radius 1 is 1.30 bits per heavy atom. The van der Waals surface area contributed by atoms with E-state index in [-0.39, 0.29) is 11.3 Å². The minimum Gasteiger partial charge on any atom is -0.396 e. The maximum atomic E-state index is 13.2. The molecule has 3 N–H and O–H groups in total. The fourth-order valence-electron chi connectivity index (χ4n) is 1.54. The van der Waals surface area contributed by atoms with Crippen molar-refractivity contribution in [3.63, 3.8) is 0 Å². The van der Waals surface area contributed by atoms with Crippen molar-refractivity contribution in [1.29, 1.82) is 0 Å². The van der Waals surface area contributed by atoms with Crippen molar-refractivity contribution in [1.82, 2.24) is 4.98 Å². The number of carbonyl (C=O) groups is 1. The molecule has 2 aromatic rings. The van der Waals surface area contributed by atoms with E-state index in [1.54, 1.807) is 12.1 Å². The van der Waals surface area contributed by atoms with Crippen molar-refractivity contribution < 1.29 is 9.18 Å². The van der Waals surface area contributed by atoms with E-state index >= 15 is 0 Å². The molecule has 0 saturated carbocycles. The number of hydrogen-bond acceptors (Lipinski definition) is 3. The van der Waals surface area contributed by atoms with Gasteiger partial charge in [-0.25, -0.2) is 9.37 Å². The van der Waals surface area contributed by atoms with Crippen molar-refractivity contribution in [2.75, 3.05) is 11.1 Å². The molecule has 0 saturated heterocycles. The summed E-state index contributed by atoms with van der Waals surface area (Å²) in [6, 6.07) is 5.88. The summed E-state index contributed by atoms with van der Waals surface area (Å²) in [5, 5.41) is 2.63. The predicted octanol–water partition coefficient (Wildman–Crippen LogP) is 3.89. The molecule has 0 aliphatic carbocycles. The van der Waals surface area contributed by atoms with Gasteiger partial charge in [0.2, 0.25) is 0 Å². The molecule has 0 fully saturated rings. The second kappa shape index (κ2) is 5.88. The second-order valence-electron chi connectivity index (χ2n) is 4.07. The maximum Gasteiger partial charge on any atom is 0.258 e. The normalized spacial score (nSPS) is 10.4. The summed E-state index contributed by atoms with van der Waals surface area (Å²) in [4.78, 5) is 16.3. The van der Waals surface area contributed by atoms with Crippen molar-refractivity contribution in [2.45, 2.75) is 6.92 Å². The number of nitrogens with one attached hydrogen (secondary N) is 1. The predicted molar refractivity (Wildman–Crippen MR) is 83.1 cm³/mol. The third-order valence-electron chi connectivity index (χ3n) is 2.59. The zero-order valence-electron chi connectivity index (χ0n) is 10.4. The van der Waals surface area contributed by atoms with E-state index in [9.17, 15) is 9.18 Å². The fourth-order valence-corrected chi connectivity index (χ4v) is 2.25. The van der Waals surface area contributed by atoms with E-state index in [1.807, 2.05) is 6.92 Å². The van der Waals surface area contributed by atoms with Crippen molar-refractivity contribution in [3.8, 4) is 0 Å². The van der Waals surface area contributed by atoms with Gasteiger partial charge in [0.25, 0.3) is 5.91 Å². The summed E-state index contributed by atoms with van der Waals surface area (Å²) in [6.45, 7) is 1.81. The van der Waals surface area contributed by atoms with Crippen LogP contribution >= 0.6 is 31.9 Å². The molecule has 0 spiro atoms. The third kappa shape index (κ3) is 3.16. The first kappa shape index (κ1) is 14.9. The van der Waals surface area contributed by atoms with Gasteiger partial charge in [-0.1, -0.05) is 0 Å². The number of nitrogen functional groups attached to an aromatic ring is 1. The first-order valence-electron chi connectivity index (χ1n) is 5.57. The lowest BCUT2D eigenvalue weighted by molar-refractivity contribution is 0.102. The average molecular weight is 403 g/mol. The molecular formula is C13H10Br2FN3O. The minimum absolute atomic E-state index is 0.0849. The van der Waals surface area contributed by atoms with Gasteiger partial charge in [-0.2, -0.15) is 0 Å². The van der Waals surface area contributed by atoms with E-state index in [1.165, 1.54) is 6.07 Å². The standard InChI is InChI=1S/C13H10Br2FN3O/c1-6-8(14)2-3-12(18-6)19-13(20)7-4-11(17)10(16)5-9(7)15/h2-5H,17H2,1H3,(H,18,19,20). The molecule has 2 rings (SSSR count). The number of hydrogen-bond donors (Lipinski definition) is 2. The van der Waals surface area contributed by atoms with E-state index in [2.05, 4.69) is 42.2 Å². The smallest absolute Gasteiger partial charge is 0.258 e. The number of benzene rings is 1. The van der Waals surface area contributed by atoms with E-state index in [4.69, 9.17) is 5.73 Å². The van der Waals surface area contributed by atoms with Crippen LogP contribution in [0.25, 0.3) is 0 Å². The Kier molecular flexibility index (Phi) is 4.39. The Balaban J connectivity index is 2.28. The molecule has 1 aromatic carbocycles. The SMILES string of the molecule is Cc1nc(NC(=O)c2cc(N)c(F)cc2Br)ccc1Br. The topological polar surface area (TPSA) is 68.0 Å². The number of nitrogens with zero attached hydrogens (tertiary/aromatic N) is 1. The highest BCUT2D eigenvalue weighted by molar-refractivity contribution is 9.10. The van der Waals surface area contributed by atoms with Crippen LogP contribution in [0.3, 0.4) is 0 Å². The van der Waals surface area contributed by atoms with Crippen LogP contribution < -0.4 is 11.1 Å². The highest BCUT2D eigenvalue weighted by Gasteiger charge is 2.14. The number of aromatic nitrogens is 1. The molecule has 0 aliphatic heterocycles. The molecule has 0 aliphatic rings. The van der Waals surface area contributed by atoms with E-state index in [0.717, 1.165) is 16.2 Å². The Morgan fingerprint density at radius 3 is 2.65 bits per heavy atom. The molecule has 0 bridgehead atoms. The molecule has 1 amide bonds. The summed E-state index contributed by atoms with van der Waals surface area (Å²) in [5.41, 5.74) is 6.37. The van der Waals surface area contributed by atoms with Crippen LogP contribution in [0.5, 0.6) is 0 Å². The van der Waals surface area contributed by atoms with Crippen LogP contribution in [0.15, 0.2) is 33.2 Å². The van der Waals surface area contributed by atoms with E-state index < -0.39 is 11.7 Å². The van der Waals surface area contributed by atoms with Crippen molar-refractivity contribution in [2.24, 2.45) is 0 Å². The van der Waals surface area contributed by atoms with Gasteiger partial charge in [-0.05, 0) is 63.0 Å². The zero-order valence-corrected chi connectivity index (χ0v) is 13.5. The quantitative estimate of drug-likeness (QED) is 0.748. The van der Waals surface area contributed by atoms with Gasteiger partial charge in [0.1, 0.15) is 11.6 Å². The molecule has 0 unspecified atom stereocenters. The number of carbonyl (C=O) groups excluding carboxylic acids is 1. The molecule has 0 radical (unpaired) electrons. The first-order valence-corrected chi connectivity index (χ1v) is 7.16. The number of halogens is 3. The molecule has 20 heavy (non-hydrogen) atoms. The summed E-state index contributed by atoms with van der Waals surface area (Å²) in [5.74, 6) is -0.589. The van der Waals surface area contributed by atoms with Crippen molar-refractivity contribution >= 4 is 49.3 Å². The number of pyridine rings is 1. The molecule has 0 atom stereocenters. The fraction of sp³-hybridized carbons (Fsp3) is 0.0769. The molecule has 104 valence electrons. The minimum atomic E-state index is -0.578. The monoisotopic (exact) mass is 401 g/mol. The van der Waals surface area contributed by atoms with Gasteiger partial charge in [-0.3, -0.25) is 4.79 Å². The molecule has 1 aromatic heterocycles. The van der Waals surface area contributed by atoms with Gasteiger partial charge in [0, 0.05) is 8.95 Å². The maximum absolute atomic E-state index is 13.2. The zero-order chi connectivity index (χ0) is 14.9. The highest BCUT2D eigenvalue weighted by Crippen LogP contribution is 2.24. The number of anilines is 2. The van der Waals surface area contributed by atoms with Gasteiger partial charge in [0.15, 0.2) is 0 Å². The number of amides is 1. The number of nitrogens with two attached hydrogens (primary N) is 1. The summed E-state index contributed by atoms with van der Waals surface area (Å²) >= 11 is 6.47. The van der Waals surface area contributed by atoms with Crippen LogP contribution in [0.1, 0.15) is 16.1 Å². The third-order valence-corrected chi connectivity index (χ3v) is 4.09. The number of aryl methyl sites for hydroxylation is 1. The lowest BCUT2D eigenvalue weighted by Crippen LogP contribution is -2.14.